The predicted molar refractivity (Wildman–Crippen MR) is 117 cm³/mol. The molecule has 2 amide bonds. The molecule has 4 bridgehead atoms. The van der Waals surface area contributed by atoms with Crippen LogP contribution in [0, 0.1) is 17.8 Å². The zero-order valence-electron chi connectivity index (χ0n) is 16.4. The summed E-state index contributed by atoms with van der Waals surface area (Å²) >= 11 is 6.66. The first-order valence-electron chi connectivity index (χ1n) is 10.6. The molecule has 1 saturated heterocycles. The molecule has 5 fully saturated rings. The Balaban J connectivity index is 1.13. The van der Waals surface area contributed by atoms with Crippen molar-refractivity contribution >= 4 is 46.2 Å². The van der Waals surface area contributed by atoms with E-state index in [0.717, 1.165) is 37.0 Å². The highest BCUT2D eigenvalue weighted by Gasteiger charge is 2.51. The summed E-state index contributed by atoms with van der Waals surface area (Å²) in [4.78, 5) is 27.5. The normalized spacial score (nSPS) is 34.4. The largest absolute Gasteiger partial charge is 0.465 e. The van der Waals surface area contributed by atoms with E-state index in [1.807, 2.05) is 0 Å². The van der Waals surface area contributed by atoms with Gasteiger partial charge >= 0.3 is 0 Å². The third-order valence-corrected chi connectivity index (χ3v) is 8.30. The maximum absolute atomic E-state index is 12.7. The summed E-state index contributed by atoms with van der Waals surface area (Å²) in [6, 6.07) is 3.59. The number of hydrogen-bond acceptors (Lipinski definition) is 5. The summed E-state index contributed by atoms with van der Waals surface area (Å²) < 4.78 is 5.84. The number of hydrogen-bond donors (Lipinski definition) is 1. The van der Waals surface area contributed by atoms with E-state index in [1.165, 1.54) is 31.0 Å². The minimum Gasteiger partial charge on any atom is -0.465 e. The van der Waals surface area contributed by atoms with Crippen LogP contribution < -0.4 is 5.32 Å². The van der Waals surface area contributed by atoms with Crippen molar-refractivity contribution in [2.45, 2.75) is 56.9 Å². The fraction of sp³-hybridized carbons (Fsp3) is 0.591. The van der Waals surface area contributed by atoms with Gasteiger partial charge in [0.25, 0.3) is 5.91 Å². The summed E-state index contributed by atoms with van der Waals surface area (Å²) in [5, 5.41) is 3.41. The molecule has 4 aliphatic carbocycles. The van der Waals surface area contributed by atoms with E-state index in [1.54, 1.807) is 29.4 Å². The van der Waals surface area contributed by atoms with Gasteiger partial charge in [-0.2, -0.15) is 0 Å². The van der Waals surface area contributed by atoms with Gasteiger partial charge in [-0.25, -0.2) is 0 Å². The molecule has 29 heavy (non-hydrogen) atoms. The zero-order valence-corrected chi connectivity index (χ0v) is 18.0. The Kier molecular flexibility index (Phi) is 5.06. The lowest BCUT2D eigenvalue weighted by Gasteiger charge is -2.56. The van der Waals surface area contributed by atoms with Gasteiger partial charge in [0.05, 0.1) is 11.2 Å². The van der Waals surface area contributed by atoms with Gasteiger partial charge in [0, 0.05) is 24.6 Å². The Morgan fingerprint density at radius 2 is 1.97 bits per heavy atom. The molecule has 4 saturated carbocycles. The lowest BCUT2D eigenvalue weighted by Crippen LogP contribution is -2.59. The number of thioether (sulfide) groups is 1. The number of carbonyl (C=O) groups is 2. The van der Waals surface area contributed by atoms with Crippen LogP contribution in [0.5, 0.6) is 0 Å². The molecule has 0 radical (unpaired) electrons. The third-order valence-electron chi connectivity index (χ3n) is 6.92. The molecule has 2 heterocycles. The van der Waals surface area contributed by atoms with Crippen molar-refractivity contribution in [3.63, 3.8) is 0 Å². The molecule has 1 aromatic rings. The highest BCUT2D eigenvalue weighted by molar-refractivity contribution is 8.26. The van der Waals surface area contributed by atoms with Crippen LogP contribution in [0.1, 0.15) is 57.1 Å². The Morgan fingerprint density at radius 3 is 2.59 bits per heavy atom. The SMILES string of the molecule is O=C(CCCN1C(=O)C(=Cc2ccco2)SC1=S)NC12CC3CC(CC(C3)C1)C2. The molecule has 6 rings (SSSR count). The molecule has 1 aliphatic heterocycles. The van der Waals surface area contributed by atoms with E-state index in [2.05, 4.69) is 5.32 Å². The number of carbonyl (C=O) groups excluding carboxylic acids is 2. The first-order valence-corrected chi connectivity index (χ1v) is 11.8. The van der Waals surface area contributed by atoms with Crippen molar-refractivity contribution in [3.8, 4) is 0 Å². The molecule has 0 unspecified atom stereocenters. The van der Waals surface area contributed by atoms with Crippen LogP contribution >= 0.6 is 24.0 Å². The topological polar surface area (TPSA) is 62.6 Å². The molecular weight excluding hydrogens is 404 g/mol. The second-order valence-corrected chi connectivity index (χ2v) is 10.9. The van der Waals surface area contributed by atoms with Gasteiger partial charge in [-0.05, 0) is 74.8 Å². The number of nitrogens with one attached hydrogen (secondary N) is 1. The quantitative estimate of drug-likeness (QED) is 0.537. The smallest absolute Gasteiger partial charge is 0.266 e. The fourth-order valence-corrected chi connectivity index (χ4v) is 7.50. The van der Waals surface area contributed by atoms with Gasteiger partial charge in [-0.1, -0.05) is 24.0 Å². The minimum absolute atomic E-state index is 0.0550. The van der Waals surface area contributed by atoms with Gasteiger partial charge in [0.1, 0.15) is 10.1 Å². The average Bonchev–Trinajstić information content (AvgIpc) is 3.24. The summed E-state index contributed by atoms with van der Waals surface area (Å²) in [5.41, 5.74) is 0.0550. The summed E-state index contributed by atoms with van der Waals surface area (Å²) in [7, 11) is 0. The highest BCUT2D eigenvalue weighted by Crippen LogP contribution is 2.55. The van der Waals surface area contributed by atoms with Gasteiger partial charge in [-0.3, -0.25) is 14.5 Å². The second-order valence-electron chi connectivity index (χ2n) is 9.20. The van der Waals surface area contributed by atoms with Crippen molar-refractivity contribution in [2.24, 2.45) is 17.8 Å². The van der Waals surface area contributed by atoms with Crippen LogP contribution in [0.25, 0.3) is 6.08 Å². The van der Waals surface area contributed by atoms with Crippen LogP contribution in [0.4, 0.5) is 0 Å². The Labute approximate surface area is 180 Å². The molecular formula is C22H26N2O3S2. The van der Waals surface area contributed by atoms with Crippen LogP contribution in [0.2, 0.25) is 0 Å². The van der Waals surface area contributed by atoms with Crippen LogP contribution in [-0.4, -0.2) is 33.1 Å². The number of rotatable bonds is 6. The maximum atomic E-state index is 12.7. The minimum atomic E-state index is -0.0992. The Morgan fingerprint density at radius 1 is 1.28 bits per heavy atom. The summed E-state index contributed by atoms with van der Waals surface area (Å²) in [5.74, 6) is 3.12. The van der Waals surface area contributed by atoms with Crippen molar-refractivity contribution in [1.82, 2.24) is 10.2 Å². The molecule has 0 aromatic carbocycles. The van der Waals surface area contributed by atoms with Gasteiger partial charge in [0.15, 0.2) is 0 Å². The van der Waals surface area contributed by atoms with Gasteiger partial charge < -0.3 is 9.73 Å². The van der Waals surface area contributed by atoms with Crippen molar-refractivity contribution in [1.29, 1.82) is 0 Å². The number of furan rings is 1. The van der Waals surface area contributed by atoms with E-state index < -0.39 is 0 Å². The standard InChI is InChI=1S/C22H26N2O3S2/c25-19(23-22-11-14-7-15(12-22)9-16(8-14)13-22)4-1-5-24-20(26)18(29-21(24)28)10-17-3-2-6-27-17/h2-3,6,10,14-16H,1,4-5,7-9,11-13H2,(H,23,25). The van der Waals surface area contributed by atoms with Crippen LogP contribution in [-0.2, 0) is 9.59 Å². The van der Waals surface area contributed by atoms with E-state index >= 15 is 0 Å². The first kappa shape index (κ1) is 19.4. The first-order chi connectivity index (χ1) is 14.0. The average molecular weight is 431 g/mol. The van der Waals surface area contributed by atoms with Crippen molar-refractivity contribution in [2.75, 3.05) is 6.54 Å². The van der Waals surface area contributed by atoms with Gasteiger partial charge in [-0.15, -0.1) is 0 Å². The fourth-order valence-electron chi connectivity index (χ4n) is 6.22. The predicted octanol–water partition coefficient (Wildman–Crippen LogP) is 4.35. The Hall–Kier alpha value is -1.60. The molecule has 0 spiro atoms. The van der Waals surface area contributed by atoms with E-state index in [-0.39, 0.29) is 17.4 Å². The Bertz CT molecular complexity index is 826. The third kappa shape index (κ3) is 3.91. The molecule has 1 N–H and O–H groups in total. The summed E-state index contributed by atoms with van der Waals surface area (Å²) in [6.07, 6.45) is 12.0. The summed E-state index contributed by atoms with van der Waals surface area (Å²) in [6.45, 7) is 0.481. The van der Waals surface area contributed by atoms with E-state index in [0.29, 0.717) is 34.4 Å². The van der Waals surface area contributed by atoms with Crippen LogP contribution in [0.3, 0.4) is 0 Å². The second kappa shape index (κ2) is 7.58. The van der Waals surface area contributed by atoms with E-state index in [9.17, 15) is 9.59 Å². The van der Waals surface area contributed by atoms with E-state index in [4.69, 9.17) is 16.6 Å². The monoisotopic (exact) mass is 430 g/mol. The molecule has 7 heteroatoms. The number of amides is 2. The lowest BCUT2D eigenvalue weighted by atomic mass is 9.53. The maximum Gasteiger partial charge on any atom is 0.266 e. The molecule has 5 aliphatic rings. The number of nitrogens with zero attached hydrogens (tertiary/aromatic N) is 1. The van der Waals surface area contributed by atoms with Crippen molar-refractivity contribution in [3.05, 3.63) is 29.1 Å². The van der Waals surface area contributed by atoms with Crippen molar-refractivity contribution < 1.29 is 14.0 Å². The molecule has 154 valence electrons. The highest BCUT2D eigenvalue weighted by atomic mass is 32.2. The zero-order chi connectivity index (χ0) is 20.0. The van der Waals surface area contributed by atoms with Gasteiger partial charge in [0.2, 0.25) is 5.91 Å². The molecule has 5 nitrogen and oxygen atoms in total. The van der Waals surface area contributed by atoms with Crippen LogP contribution in [0.15, 0.2) is 27.7 Å². The number of thiocarbonyl (C=S) groups is 1. The molecule has 1 aromatic heterocycles. The molecule has 0 atom stereocenters. The lowest BCUT2D eigenvalue weighted by molar-refractivity contribution is -0.127.